The predicted octanol–water partition coefficient (Wildman–Crippen LogP) is -0.186. The minimum absolute atomic E-state index is 0.246. The van der Waals surface area contributed by atoms with Crippen molar-refractivity contribution in [3.8, 4) is 0 Å². The highest BCUT2D eigenvalue weighted by atomic mass is 32.2. The van der Waals surface area contributed by atoms with Crippen LogP contribution in [-0.4, -0.2) is 33.5 Å². The minimum atomic E-state index is -2.21. The van der Waals surface area contributed by atoms with Gasteiger partial charge in [-0.2, -0.15) is 8.42 Å². The van der Waals surface area contributed by atoms with Crippen LogP contribution in [0, 0.1) is 0 Å². The van der Waals surface area contributed by atoms with Gasteiger partial charge in [-0.25, -0.2) is 0 Å². The van der Waals surface area contributed by atoms with Crippen LogP contribution in [-0.2, 0) is 10.3 Å². The van der Waals surface area contributed by atoms with E-state index in [2.05, 4.69) is 28.0 Å². The van der Waals surface area contributed by atoms with E-state index >= 15 is 0 Å². The Kier molecular flexibility index (Phi) is 2.69. The number of rotatable bonds is 1. The molecule has 0 amide bonds. The number of hydrogen-bond acceptors (Lipinski definition) is 6. The Morgan fingerprint density at radius 3 is 2.87 bits per heavy atom. The molecule has 0 radical (unpaired) electrons. The van der Waals surface area contributed by atoms with Gasteiger partial charge in [0, 0.05) is 6.42 Å². The molecule has 0 saturated carbocycles. The van der Waals surface area contributed by atoms with E-state index in [1.54, 1.807) is 12.2 Å². The van der Waals surface area contributed by atoms with Gasteiger partial charge >= 0.3 is 0 Å². The lowest BCUT2D eigenvalue weighted by atomic mass is 10.1. The van der Waals surface area contributed by atoms with Crippen LogP contribution < -0.4 is 0 Å². The Hall–Kier alpha value is -1.41. The number of nitrogens with zero attached hydrogens (tertiary/aromatic N) is 4. The molecule has 0 saturated heterocycles. The molecule has 6 nitrogen and oxygen atoms in total. The standard InChI is InChI=1S/C7H6N4O2S2/c12-15(13)6-3-1-2-5(4-6)11-9-7(14)8-10-11/h1-3H,4H2,(H,9,14). The van der Waals surface area contributed by atoms with Crippen molar-refractivity contribution in [2.45, 2.75) is 11.6 Å². The number of thiol groups is 1. The van der Waals surface area contributed by atoms with E-state index in [1.807, 2.05) is 0 Å². The van der Waals surface area contributed by atoms with E-state index in [9.17, 15) is 8.42 Å². The van der Waals surface area contributed by atoms with Crippen LogP contribution in [0.5, 0.6) is 0 Å². The number of hydrogen-bond donors (Lipinski definition) is 1. The third-order valence-corrected chi connectivity index (χ3v) is 2.69. The first-order chi connectivity index (χ1) is 7.16. The number of tetrazole rings is 1. The monoisotopic (exact) mass is 242 g/mol. The lowest BCUT2D eigenvalue weighted by Gasteiger charge is -2.05. The molecule has 1 aromatic heterocycles. The molecule has 0 N–H and O–H groups in total. The van der Waals surface area contributed by atoms with Crippen molar-refractivity contribution in [1.29, 1.82) is 0 Å². The molecule has 0 unspecified atom stereocenters. The fraction of sp³-hybridized carbons (Fsp3) is 0.143. The highest BCUT2D eigenvalue weighted by Crippen LogP contribution is 2.13. The van der Waals surface area contributed by atoms with Crippen molar-refractivity contribution in [3.63, 3.8) is 0 Å². The second kappa shape index (κ2) is 3.99. The van der Waals surface area contributed by atoms with E-state index in [4.69, 9.17) is 0 Å². The zero-order chi connectivity index (χ0) is 10.8. The Labute approximate surface area is 92.2 Å². The fourth-order valence-electron chi connectivity index (χ4n) is 1.14. The summed E-state index contributed by atoms with van der Waals surface area (Å²) in [7, 11) is -2.21. The molecule has 1 heterocycles. The Balaban J connectivity index is 2.38. The van der Waals surface area contributed by atoms with Gasteiger partial charge in [0.2, 0.25) is 15.4 Å². The molecule has 0 fully saturated rings. The summed E-state index contributed by atoms with van der Waals surface area (Å²) in [5.41, 5.74) is 0.643. The first-order valence-electron chi connectivity index (χ1n) is 3.98. The van der Waals surface area contributed by atoms with E-state index in [0.29, 0.717) is 10.6 Å². The molecule has 1 aliphatic rings. The molecule has 15 heavy (non-hydrogen) atoms. The first-order valence-corrected chi connectivity index (χ1v) is 5.51. The third-order valence-electron chi connectivity index (χ3n) is 1.80. The zero-order valence-electron chi connectivity index (χ0n) is 7.40. The van der Waals surface area contributed by atoms with Crippen molar-refractivity contribution in [3.05, 3.63) is 18.2 Å². The summed E-state index contributed by atoms with van der Waals surface area (Å²) >= 11 is 3.91. The Morgan fingerprint density at radius 2 is 2.27 bits per heavy atom. The second-order valence-corrected chi connectivity index (χ2v) is 4.17. The predicted molar refractivity (Wildman–Crippen MR) is 57.0 cm³/mol. The van der Waals surface area contributed by atoms with Crippen LogP contribution in [0.15, 0.2) is 23.4 Å². The van der Waals surface area contributed by atoms with E-state index in [0.717, 1.165) is 0 Å². The van der Waals surface area contributed by atoms with Gasteiger partial charge in [-0.3, -0.25) is 0 Å². The largest absolute Gasteiger partial charge is 0.228 e. The summed E-state index contributed by atoms with van der Waals surface area (Å²) in [6.45, 7) is 0. The summed E-state index contributed by atoms with van der Waals surface area (Å²) < 4.78 is 21.5. The highest BCUT2D eigenvalue weighted by Gasteiger charge is 2.11. The van der Waals surface area contributed by atoms with Gasteiger partial charge in [-0.05, 0) is 17.4 Å². The van der Waals surface area contributed by atoms with Gasteiger partial charge < -0.3 is 0 Å². The van der Waals surface area contributed by atoms with Crippen molar-refractivity contribution in [2.24, 2.45) is 0 Å². The Bertz CT molecular complexity index is 574. The molecule has 2 rings (SSSR count). The van der Waals surface area contributed by atoms with Gasteiger partial charge in [0.1, 0.15) is 0 Å². The molecular formula is C7H6N4O2S2. The molecule has 8 heteroatoms. The summed E-state index contributed by atoms with van der Waals surface area (Å²) in [4.78, 5) is 1.56. The fourth-order valence-corrected chi connectivity index (χ4v) is 1.72. The highest BCUT2D eigenvalue weighted by molar-refractivity contribution is 7.80. The Morgan fingerprint density at radius 1 is 1.47 bits per heavy atom. The number of allylic oxidation sites excluding steroid dienone is 4. The molecule has 0 bridgehead atoms. The second-order valence-electron chi connectivity index (χ2n) is 2.77. The SMILES string of the molecule is O=S(=O)=C1C=CC=C(n2nnc(S)n2)C1. The number of aromatic nitrogens is 4. The van der Waals surface area contributed by atoms with Gasteiger partial charge in [0.05, 0.1) is 10.6 Å². The smallest absolute Gasteiger partial charge is 0.184 e. The zero-order valence-corrected chi connectivity index (χ0v) is 9.11. The van der Waals surface area contributed by atoms with E-state index in [-0.39, 0.29) is 11.6 Å². The minimum Gasteiger partial charge on any atom is -0.184 e. The lowest BCUT2D eigenvalue weighted by molar-refractivity contribution is 0.627. The summed E-state index contributed by atoms with van der Waals surface area (Å²) in [5.74, 6) is 0. The summed E-state index contributed by atoms with van der Waals surface area (Å²) in [6, 6.07) is 0. The quantitative estimate of drug-likeness (QED) is 0.545. The van der Waals surface area contributed by atoms with Crippen LogP contribution in [0.4, 0.5) is 0 Å². The van der Waals surface area contributed by atoms with Gasteiger partial charge in [0.15, 0.2) is 0 Å². The van der Waals surface area contributed by atoms with Crippen LogP contribution in [0.1, 0.15) is 6.42 Å². The first kappa shape index (κ1) is 10.1. The summed E-state index contributed by atoms with van der Waals surface area (Å²) in [5, 5.41) is 11.4. The van der Waals surface area contributed by atoms with Crippen molar-refractivity contribution in [2.75, 3.05) is 0 Å². The average molecular weight is 242 g/mol. The van der Waals surface area contributed by atoms with E-state index < -0.39 is 10.3 Å². The van der Waals surface area contributed by atoms with Crippen molar-refractivity contribution >= 4 is 33.5 Å². The van der Waals surface area contributed by atoms with Crippen molar-refractivity contribution in [1.82, 2.24) is 20.2 Å². The average Bonchev–Trinajstić information content (AvgIpc) is 2.65. The maximum atomic E-state index is 10.7. The molecular weight excluding hydrogens is 236 g/mol. The van der Waals surface area contributed by atoms with E-state index in [1.165, 1.54) is 10.9 Å². The van der Waals surface area contributed by atoms with Gasteiger partial charge in [0.25, 0.3) is 0 Å². The summed E-state index contributed by atoms with van der Waals surface area (Å²) in [6.07, 6.45) is 5.15. The van der Waals surface area contributed by atoms with Crippen molar-refractivity contribution < 1.29 is 8.42 Å². The molecule has 1 aromatic rings. The third kappa shape index (κ3) is 2.16. The lowest BCUT2D eigenvalue weighted by Crippen LogP contribution is -2.09. The van der Waals surface area contributed by atoms with Crippen LogP contribution >= 0.6 is 12.6 Å². The topological polar surface area (TPSA) is 77.7 Å². The normalized spacial score (nSPS) is 15.3. The molecule has 0 atom stereocenters. The molecule has 78 valence electrons. The van der Waals surface area contributed by atoms with Crippen LogP contribution in [0.25, 0.3) is 5.70 Å². The molecule has 0 spiro atoms. The molecule has 1 aliphatic carbocycles. The maximum absolute atomic E-state index is 10.7. The van der Waals surface area contributed by atoms with Gasteiger partial charge in [-0.1, -0.05) is 18.7 Å². The van der Waals surface area contributed by atoms with Gasteiger partial charge in [-0.15, -0.1) is 15.0 Å². The van der Waals surface area contributed by atoms with Crippen LogP contribution in [0.3, 0.4) is 0 Å². The molecule has 0 aliphatic heterocycles. The maximum Gasteiger partial charge on any atom is 0.228 e. The van der Waals surface area contributed by atoms with Crippen LogP contribution in [0.2, 0.25) is 0 Å². The molecule has 0 aromatic carbocycles.